The second kappa shape index (κ2) is 8.73. The van der Waals surface area contributed by atoms with Crippen molar-refractivity contribution >= 4 is 23.4 Å². The van der Waals surface area contributed by atoms with Gasteiger partial charge < -0.3 is 10.5 Å². The number of methoxy groups -OCH3 is 1. The van der Waals surface area contributed by atoms with Gasteiger partial charge in [-0.15, -0.1) is 5.10 Å². The molecule has 0 aliphatic carbocycles. The monoisotopic (exact) mass is 417 g/mol. The minimum Gasteiger partial charge on any atom is -0.494 e. The number of para-hydroxylation sites is 2. The molecule has 2 aromatic heterocycles. The number of nitrogens with zero attached hydrogens (tertiary/aromatic N) is 5. The first-order chi connectivity index (χ1) is 14.0. The number of nitrogen functional groups attached to an aromatic ring is 1. The number of carbonyl (C=O) groups excluding carboxylic acids is 1. The highest BCUT2D eigenvalue weighted by atomic mass is 32.2. The fourth-order valence-electron chi connectivity index (χ4n) is 2.73. The molecule has 0 saturated heterocycles. The van der Waals surface area contributed by atoms with Crippen LogP contribution in [0.15, 0.2) is 39.0 Å². The van der Waals surface area contributed by atoms with E-state index in [-0.39, 0.29) is 17.1 Å². The van der Waals surface area contributed by atoms with E-state index in [4.69, 9.17) is 10.5 Å². The molecule has 1 aromatic carbocycles. The molecule has 3 N–H and O–H groups in total. The summed E-state index contributed by atoms with van der Waals surface area (Å²) in [6.45, 7) is 2.15. The summed E-state index contributed by atoms with van der Waals surface area (Å²) in [4.78, 5) is 38.9. The van der Waals surface area contributed by atoms with E-state index in [9.17, 15) is 14.4 Å². The van der Waals surface area contributed by atoms with Crippen LogP contribution in [0.25, 0.3) is 5.69 Å². The van der Waals surface area contributed by atoms with Gasteiger partial charge in [-0.25, -0.2) is 4.79 Å². The van der Waals surface area contributed by atoms with Gasteiger partial charge in [0, 0.05) is 6.54 Å². The molecule has 0 amide bonds. The van der Waals surface area contributed by atoms with Crippen LogP contribution in [0.3, 0.4) is 0 Å². The number of ether oxygens (including phenoxy) is 1. The molecule has 0 saturated carbocycles. The second-order valence-electron chi connectivity index (χ2n) is 5.93. The second-order valence-corrected chi connectivity index (χ2v) is 6.87. The third-order valence-corrected chi connectivity index (χ3v) is 4.97. The van der Waals surface area contributed by atoms with Gasteiger partial charge in [0.05, 0.1) is 12.9 Å². The number of hydrogen-bond donors (Lipinski definition) is 2. The molecule has 0 fully saturated rings. The number of nitrogens with one attached hydrogen (secondary N) is 1. The van der Waals surface area contributed by atoms with Crippen LogP contribution in [0.1, 0.15) is 23.7 Å². The minimum absolute atomic E-state index is 0.143. The third kappa shape index (κ3) is 4.06. The van der Waals surface area contributed by atoms with E-state index in [0.29, 0.717) is 29.6 Å². The van der Waals surface area contributed by atoms with Gasteiger partial charge in [0.15, 0.2) is 5.78 Å². The highest BCUT2D eigenvalue weighted by Gasteiger charge is 2.21. The lowest BCUT2D eigenvalue weighted by Crippen LogP contribution is -2.36. The summed E-state index contributed by atoms with van der Waals surface area (Å²) in [5.41, 5.74) is 4.83. The molecular formula is C17H19N7O4S. The fraction of sp³-hybridized carbons (Fsp3) is 0.294. The van der Waals surface area contributed by atoms with E-state index in [2.05, 4.69) is 20.5 Å². The summed E-state index contributed by atoms with van der Waals surface area (Å²) in [6.07, 6.45) is 0.617. The number of tetrazole rings is 1. The minimum atomic E-state index is -0.810. The Labute approximate surface area is 168 Å². The quantitative estimate of drug-likeness (QED) is 0.394. The lowest BCUT2D eigenvalue weighted by molar-refractivity contribution is 0.102. The van der Waals surface area contributed by atoms with E-state index < -0.39 is 17.0 Å². The normalized spacial score (nSPS) is 10.8. The van der Waals surface area contributed by atoms with Crippen LogP contribution < -0.4 is 21.7 Å². The number of aromatic amines is 1. The number of carbonyl (C=O) groups is 1. The van der Waals surface area contributed by atoms with Crippen molar-refractivity contribution in [2.45, 2.75) is 25.0 Å². The number of anilines is 1. The third-order valence-electron chi connectivity index (χ3n) is 4.05. The van der Waals surface area contributed by atoms with Crippen LogP contribution in [0.5, 0.6) is 5.75 Å². The van der Waals surface area contributed by atoms with Crippen molar-refractivity contribution in [2.75, 3.05) is 18.6 Å². The fourth-order valence-corrected chi connectivity index (χ4v) is 3.49. The highest BCUT2D eigenvalue weighted by Crippen LogP contribution is 2.26. The van der Waals surface area contributed by atoms with Crippen molar-refractivity contribution < 1.29 is 9.53 Å². The standard InChI is InChI=1S/C17H19N7O4S/c1-3-8-23-14(18)13(15(26)19-16(23)27)11(25)9-29-17-20-21-22-24(17)10-6-4-5-7-12(10)28-2/h4-7H,3,8-9,18H2,1-2H3,(H,19,26,27). The molecule has 0 atom stereocenters. The van der Waals surface area contributed by atoms with Gasteiger partial charge in [-0.1, -0.05) is 30.8 Å². The largest absolute Gasteiger partial charge is 0.494 e. The van der Waals surface area contributed by atoms with E-state index in [1.165, 1.54) is 16.4 Å². The topological polar surface area (TPSA) is 151 Å². The molecule has 3 rings (SSSR count). The van der Waals surface area contributed by atoms with Crippen molar-refractivity contribution in [3.63, 3.8) is 0 Å². The first-order valence-corrected chi connectivity index (χ1v) is 9.66. The molecule has 11 nitrogen and oxygen atoms in total. The Morgan fingerprint density at radius 2 is 2.07 bits per heavy atom. The number of H-pyrrole nitrogens is 1. The summed E-state index contributed by atoms with van der Waals surface area (Å²) >= 11 is 1.04. The Morgan fingerprint density at radius 1 is 1.31 bits per heavy atom. The maximum atomic E-state index is 12.7. The number of rotatable bonds is 8. The Balaban J connectivity index is 1.87. The van der Waals surface area contributed by atoms with Crippen molar-refractivity contribution in [3.05, 3.63) is 50.7 Å². The molecule has 0 bridgehead atoms. The zero-order valence-corrected chi connectivity index (χ0v) is 16.6. The number of benzene rings is 1. The molecule has 0 spiro atoms. The zero-order valence-electron chi connectivity index (χ0n) is 15.8. The van der Waals surface area contributed by atoms with Crippen LogP contribution in [-0.4, -0.2) is 48.4 Å². The van der Waals surface area contributed by atoms with Gasteiger partial charge in [0.1, 0.15) is 22.8 Å². The smallest absolute Gasteiger partial charge is 0.329 e. The van der Waals surface area contributed by atoms with Gasteiger partial charge in [-0.2, -0.15) is 4.68 Å². The summed E-state index contributed by atoms with van der Waals surface area (Å²) in [6, 6.07) is 7.14. The van der Waals surface area contributed by atoms with Crippen molar-refractivity contribution in [1.82, 2.24) is 29.8 Å². The highest BCUT2D eigenvalue weighted by molar-refractivity contribution is 7.99. The predicted octanol–water partition coefficient (Wildman–Crippen LogP) is 0.488. The van der Waals surface area contributed by atoms with Crippen molar-refractivity contribution in [2.24, 2.45) is 0 Å². The lowest BCUT2D eigenvalue weighted by atomic mass is 10.2. The molecule has 2 heterocycles. The molecule has 3 aromatic rings. The first kappa shape index (κ1) is 20.3. The van der Waals surface area contributed by atoms with Gasteiger partial charge in [-0.3, -0.25) is 19.1 Å². The average Bonchev–Trinajstić information content (AvgIpc) is 3.17. The Bertz CT molecular complexity index is 1150. The number of nitrogens with two attached hydrogens (primary N) is 1. The van der Waals surface area contributed by atoms with Crippen LogP contribution in [-0.2, 0) is 6.54 Å². The first-order valence-electron chi connectivity index (χ1n) is 8.68. The summed E-state index contributed by atoms with van der Waals surface area (Å²) < 4.78 is 7.92. The van der Waals surface area contributed by atoms with E-state index in [1.807, 2.05) is 13.0 Å². The van der Waals surface area contributed by atoms with E-state index in [0.717, 1.165) is 11.8 Å². The molecular weight excluding hydrogens is 398 g/mol. The maximum Gasteiger partial charge on any atom is 0.329 e. The molecule has 0 aliphatic heterocycles. The maximum absolute atomic E-state index is 12.7. The number of thioether (sulfide) groups is 1. The molecule has 29 heavy (non-hydrogen) atoms. The van der Waals surface area contributed by atoms with Crippen LogP contribution in [0.2, 0.25) is 0 Å². The van der Waals surface area contributed by atoms with Crippen LogP contribution in [0, 0.1) is 0 Å². The van der Waals surface area contributed by atoms with Crippen molar-refractivity contribution in [1.29, 1.82) is 0 Å². The zero-order chi connectivity index (χ0) is 21.0. The summed E-state index contributed by atoms with van der Waals surface area (Å²) in [5, 5.41) is 11.8. The number of hydrogen-bond acceptors (Lipinski definition) is 9. The SMILES string of the molecule is CCCn1c(N)c(C(=O)CSc2nnnn2-c2ccccc2OC)c(=O)[nH]c1=O. The predicted molar refractivity (Wildman–Crippen MR) is 107 cm³/mol. The lowest BCUT2D eigenvalue weighted by Gasteiger charge is -2.11. The molecule has 0 radical (unpaired) electrons. The molecule has 0 aliphatic rings. The Hall–Kier alpha value is -3.41. The summed E-state index contributed by atoms with van der Waals surface area (Å²) in [7, 11) is 1.53. The Kier molecular flexibility index (Phi) is 6.12. The van der Waals surface area contributed by atoms with Crippen LogP contribution >= 0.6 is 11.8 Å². The van der Waals surface area contributed by atoms with E-state index >= 15 is 0 Å². The van der Waals surface area contributed by atoms with Gasteiger partial charge in [-0.05, 0) is 29.0 Å². The molecule has 12 heteroatoms. The van der Waals surface area contributed by atoms with Gasteiger partial charge in [0.25, 0.3) is 5.56 Å². The van der Waals surface area contributed by atoms with Crippen molar-refractivity contribution in [3.8, 4) is 11.4 Å². The summed E-state index contributed by atoms with van der Waals surface area (Å²) in [5.74, 6) is -0.267. The number of aromatic nitrogens is 6. The average molecular weight is 417 g/mol. The van der Waals surface area contributed by atoms with Gasteiger partial charge >= 0.3 is 5.69 Å². The number of ketones is 1. The Morgan fingerprint density at radius 3 is 2.79 bits per heavy atom. The molecule has 0 unspecified atom stereocenters. The van der Waals surface area contributed by atoms with Gasteiger partial charge in [0.2, 0.25) is 5.16 Å². The molecule has 152 valence electrons. The number of Topliss-reactive ketones (excluding diaryl/α,β-unsaturated/α-hetero) is 1. The van der Waals surface area contributed by atoms with E-state index in [1.54, 1.807) is 18.2 Å². The van der Waals surface area contributed by atoms with Crippen LogP contribution in [0.4, 0.5) is 5.82 Å².